The van der Waals surface area contributed by atoms with Crippen molar-refractivity contribution in [1.82, 2.24) is 9.88 Å². The average molecular weight is 332 g/mol. The van der Waals surface area contributed by atoms with Crippen molar-refractivity contribution in [2.75, 3.05) is 11.9 Å². The summed E-state index contributed by atoms with van der Waals surface area (Å²) >= 11 is 9.22. The Balaban J connectivity index is 2.05. The molecule has 1 aromatic rings. The summed E-state index contributed by atoms with van der Waals surface area (Å²) < 4.78 is 0. The lowest BCUT2D eigenvalue weighted by molar-refractivity contribution is 0.0724. The molecule has 98 valence electrons. The monoisotopic (exact) mass is 330 g/mol. The second-order valence-electron chi connectivity index (χ2n) is 4.49. The molecule has 1 atom stereocenters. The number of alkyl halides is 1. The van der Waals surface area contributed by atoms with Gasteiger partial charge in [0.1, 0.15) is 5.69 Å². The van der Waals surface area contributed by atoms with Gasteiger partial charge in [-0.15, -0.1) is 0 Å². The van der Waals surface area contributed by atoms with E-state index < -0.39 is 0 Å². The van der Waals surface area contributed by atoms with E-state index in [1.165, 1.54) is 6.20 Å². The number of carbonyl (C=O) groups is 1. The summed E-state index contributed by atoms with van der Waals surface area (Å²) in [5.41, 5.74) is 0.491. The average Bonchev–Trinajstić information content (AvgIpc) is 2.84. The molecular formula is C13H16BrClN2O. The van der Waals surface area contributed by atoms with Crippen LogP contribution in [0, 0.1) is 0 Å². The molecule has 0 bridgehead atoms. The van der Waals surface area contributed by atoms with Crippen LogP contribution in [0.4, 0.5) is 0 Å². The van der Waals surface area contributed by atoms with Crippen LogP contribution in [-0.4, -0.2) is 33.7 Å². The summed E-state index contributed by atoms with van der Waals surface area (Å²) in [5, 5.41) is 1.55. The molecule has 0 saturated carbocycles. The zero-order valence-corrected chi connectivity index (χ0v) is 12.5. The van der Waals surface area contributed by atoms with E-state index >= 15 is 0 Å². The Hall–Kier alpha value is -0.610. The summed E-state index contributed by atoms with van der Waals surface area (Å²) in [6.07, 6.45) is 5.88. The minimum atomic E-state index is 0.0312. The SMILES string of the molecule is O=C(c1ccc(Cl)cn1)N1CCCC1CCCBr. The van der Waals surface area contributed by atoms with E-state index in [9.17, 15) is 4.79 Å². The highest BCUT2D eigenvalue weighted by Gasteiger charge is 2.29. The number of hydrogen-bond acceptors (Lipinski definition) is 2. The Bertz CT molecular complexity index is 410. The zero-order chi connectivity index (χ0) is 13.0. The van der Waals surface area contributed by atoms with Gasteiger partial charge in [0.2, 0.25) is 0 Å². The van der Waals surface area contributed by atoms with E-state index in [-0.39, 0.29) is 5.91 Å². The number of likely N-dealkylation sites (tertiary alicyclic amines) is 1. The number of rotatable bonds is 4. The van der Waals surface area contributed by atoms with Crippen molar-refractivity contribution < 1.29 is 4.79 Å². The van der Waals surface area contributed by atoms with Gasteiger partial charge in [-0.05, 0) is 37.8 Å². The Morgan fingerprint density at radius 1 is 1.56 bits per heavy atom. The molecule has 1 amide bonds. The van der Waals surface area contributed by atoms with Gasteiger partial charge in [-0.25, -0.2) is 4.98 Å². The molecule has 18 heavy (non-hydrogen) atoms. The molecule has 0 spiro atoms. The summed E-state index contributed by atoms with van der Waals surface area (Å²) in [6.45, 7) is 0.843. The Kier molecular flexibility index (Phi) is 5.01. The van der Waals surface area contributed by atoms with Gasteiger partial charge in [-0.2, -0.15) is 0 Å². The molecule has 1 fully saturated rings. The van der Waals surface area contributed by atoms with Crippen molar-refractivity contribution in [2.24, 2.45) is 0 Å². The van der Waals surface area contributed by atoms with Crippen molar-refractivity contribution >= 4 is 33.4 Å². The Labute approximate surface area is 121 Å². The molecule has 0 aromatic carbocycles. The maximum Gasteiger partial charge on any atom is 0.272 e. The molecule has 0 aliphatic carbocycles. The maximum atomic E-state index is 12.3. The van der Waals surface area contributed by atoms with Gasteiger partial charge >= 0.3 is 0 Å². The first-order valence-corrected chi connectivity index (χ1v) is 7.71. The smallest absolute Gasteiger partial charge is 0.272 e. The molecule has 1 aliphatic heterocycles. The second-order valence-corrected chi connectivity index (χ2v) is 5.72. The van der Waals surface area contributed by atoms with Crippen molar-refractivity contribution in [1.29, 1.82) is 0 Å². The fourth-order valence-corrected chi connectivity index (χ4v) is 2.80. The van der Waals surface area contributed by atoms with Crippen LogP contribution >= 0.6 is 27.5 Å². The van der Waals surface area contributed by atoms with E-state index in [2.05, 4.69) is 20.9 Å². The minimum Gasteiger partial charge on any atom is -0.334 e. The molecule has 0 radical (unpaired) electrons. The van der Waals surface area contributed by atoms with Crippen LogP contribution in [0.1, 0.15) is 36.2 Å². The fraction of sp³-hybridized carbons (Fsp3) is 0.538. The first kappa shape index (κ1) is 13.8. The second kappa shape index (κ2) is 6.53. The van der Waals surface area contributed by atoms with E-state index in [0.29, 0.717) is 16.8 Å². The van der Waals surface area contributed by atoms with Crippen molar-refractivity contribution in [3.05, 3.63) is 29.0 Å². The van der Waals surface area contributed by atoms with Crippen molar-refractivity contribution in [2.45, 2.75) is 31.7 Å². The number of amides is 1. The molecule has 3 nitrogen and oxygen atoms in total. The standard InChI is InChI=1S/C13H16BrClN2O/c14-7-1-3-11-4-2-8-17(11)13(18)12-6-5-10(15)9-16-12/h5-6,9,11H,1-4,7-8H2. The Morgan fingerprint density at radius 3 is 3.06 bits per heavy atom. The lowest BCUT2D eigenvalue weighted by Gasteiger charge is -2.24. The van der Waals surface area contributed by atoms with Gasteiger partial charge in [-0.3, -0.25) is 4.79 Å². The molecular weight excluding hydrogens is 316 g/mol. The van der Waals surface area contributed by atoms with Gasteiger partial charge in [0, 0.05) is 24.1 Å². The Morgan fingerprint density at radius 2 is 2.39 bits per heavy atom. The number of carbonyl (C=O) groups excluding carboxylic acids is 1. The first-order valence-electron chi connectivity index (χ1n) is 6.21. The van der Waals surface area contributed by atoms with Gasteiger partial charge in [0.25, 0.3) is 5.91 Å². The van der Waals surface area contributed by atoms with Crippen LogP contribution in [0.15, 0.2) is 18.3 Å². The molecule has 1 saturated heterocycles. The van der Waals surface area contributed by atoms with E-state index in [4.69, 9.17) is 11.6 Å². The predicted molar refractivity (Wildman–Crippen MR) is 76.3 cm³/mol. The third kappa shape index (κ3) is 3.23. The molecule has 1 aromatic heterocycles. The number of pyridine rings is 1. The van der Waals surface area contributed by atoms with Gasteiger partial charge < -0.3 is 4.90 Å². The zero-order valence-electron chi connectivity index (χ0n) is 10.1. The lowest BCUT2D eigenvalue weighted by Crippen LogP contribution is -2.36. The number of halogens is 2. The number of aromatic nitrogens is 1. The topological polar surface area (TPSA) is 33.2 Å². The molecule has 2 heterocycles. The molecule has 1 unspecified atom stereocenters. The van der Waals surface area contributed by atoms with Crippen molar-refractivity contribution in [3.8, 4) is 0 Å². The van der Waals surface area contributed by atoms with Gasteiger partial charge in [0.15, 0.2) is 0 Å². The van der Waals surface area contributed by atoms with Crippen LogP contribution in [0.3, 0.4) is 0 Å². The van der Waals surface area contributed by atoms with Gasteiger partial charge in [-0.1, -0.05) is 27.5 Å². The van der Waals surface area contributed by atoms with E-state index in [1.54, 1.807) is 12.1 Å². The summed E-state index contributed by atoms with van der Waals surface area (Å²) in [6, 6.07) is 3.78. The first-order chi connectivity index (χ1) is 8.72. The number of hydrogen-bond donors (Lipinski definition) is 0. The van der Waals surface area contributed by atoms with Gasteiger partial charge in [0.05, 0.1) is 5.02 Å². The third-order valence-corrected chi connectivity index (χ3v) is 4.04. The van der Waals surface area contributed by atoms with Crippen LogP contribution in [0.2, 0.25) is 5.02 Å². The number of nitrogens with zero attached hydrogens (tertiary/aromatic N) is 2. The maximum absolute atomic E-state index is 12.3. The van der Waals surface area contributed by atoms with Crippen LogP contribution in [0.5, 0.6) is 0 Å². The van der Waals surface area contributed by atoms with Crippen LogP contribution < -0.4 is 0 Å². The summed E-state index contributed by atoms with van der Waals surface area (Å²) in [4.78, 5) is 18.4. The highest BCUT2D eigenvalue weighted by molar-refractivity contribution is 9.09. The highest BCUT2D eigenvalue weighted by atomic mass is 79.9. The molecule has 0 N–H and O–H groups in total. The van der Waals surface area contributed by atoms with E-state index in [0.717, 1.165) is 37.6 Å². The largest absolute Gasteiger partial charge is 0.334 e. The van der Waals surface area contributed by atoms with Crippen LogP contribution in [0.25, 0.3) is 0 Å². The third-order valence-electron chi connectivity index (χ3n) is 3.26. The molecule has 5 heteroatoms. The normalized spacial score (nSPS) is 19.2. The van der Waals surface area contributed by atoms with Crippen LogP contribution in [-0.2, 0) is 0 Å². The summed E-state index contributed by atoms with van der Waals surface area (Å²) in [5.74, 6) is 0.0312. The van der Waals surface area contributed by atoms with E-state index in [1.807, 2.05) is 4.90 Å². The lowest BCUT2D eigenvalue weighted by atomic mass is 10.1. The van der Waals surface area contributed by atoms with Crippen molar-refractivity contribution in [3.63, 3.8) is 0 Å². The quantitative estimate of drug-likeness (QED) is 0.791. The summed E-state index contributed by atoms with van der Waals surface area (Å²) in [7, 11) is 0. The predicted octanol–water partition coefficient (Wildman–Crippen LogP) is 3.51. The minimum absolute atomic E-state index is 0.0312. The highest BCUT2D eigenvalue weighted by Crippen LogP contribution is 2.23. The molecule has 1 aliphatic rings. The molecule has 2 rings (SSSR count). The fourth-order valence-electron chi connectivity index (χ4n) is 2.37.